The number of benzene rings is 3. The summed E-state index contributed by atoms with van der Waals surface area (Å²) in [6, 6.07) is 15.9. The zero-order valence-electron chi connectivity index (χ0n) is 22.9. The number of rotatable bonds is 12. The van der Waals surface area contributed by atoms with Crippen LogP contribution in [0.2, 0.25) is 10.0 Å². The third-order valence-electron chi connectivity index (χ3n) is 7.50. The Labute approximate surface area is 259 Å². The molecule has 3 aromatic carbocycles. The van der Waals surface area contributed by atoms with Crippen molar-refractivity contribution in [1.82, 2.24) is 5.32 Å². The van der Waals surface area contributed by atoms with Gasteiger partial charge in [-0.1, -0.05) is 67.2 Å². The number of halogens is 3. The summed E-state index contributed by atoms with van der Waals surface area (Å²) < 4.78 is 11.4. The van der Waals surface area contributed by atoms with Gasteiger partial charge in [0.15, 0.2) is 0 Å². The van der Waals surface area contributed by atoms with Crippen molar-refractivity contribution in [2.75, 3.05) is 24.3 Å². The molecule has 0 unspecified atom stereocenters. The molecule has 0 atom stereocenters. The molecular weight excluding hydrogens is 629 g/mol. The molecule has 0 heterocycles. The van der Waals surface area contributed by atoms with Crippen LogP contribution in [0, 0.1) is 0 Å². The molecule has 1 fully saturated rings. The minimum absolute atomic E-state index is 0.0136. The van der Waals surface area contributed by atoms with E-state index in [0.29, 0.717) is 49.3 Å². The van der Waals surface area contributed by atoms with Crippen molar-refractivity contribution in [2.24, 2.45) is 0 Å². The Hall–Kier alpha value is -2.78. The van der Waals surface area contributed by atoms with E-state index in [1.807, 2.05) is 24.3 Å². The molecule has 0 bridgehead atoms. The van der Waals surface area contributed by atoms with Gasteiger partial charge in [0.25, 0.3) is 0 Å². The summed E-state index contributed by atoms with van der Waals surface area (Å²) in [6.45, 7) is 2.62. The van der Waals surface area contributed by atoms with Gasteiger partial charge in [0, 0.05) is 22.2 Å². The SMILES string of the molecule is CCC1(NCc2cc(C(=O)OCCOC(=O)Cc3ccccc3Nc3c(Cl)cccc3Cl)cc(Br)c2N)CCCC1. The van der Waals surface area contributed by atoms with E-state index in [9.17, 15) is 9.59 Å². The van der Waals surface area contributed by atoms with Crippen LogP contribution in [0.1, 0.15) is 60.5 Å². The molecule has 3 aromatic rings. The third kappa shape index (κ3) is 8.16. The Bertz CT molecular complexity index is 1380. The van der Waals surface area contributed by atoms with Gasteiger partial charge < -0.3 is 25.8 Å². The van der Waals surface area contributed by atoms with Crippen LogP contribution in [-0.4, -0.2) is 30.7 Å². The van der Waals surface area contributed by atoms with Gasteiger partial charge >= 0.3 is 11.9 Å². The molecule has 41 heavy (non-hydrogen) atoms. The third-order valence-corrected chi connectivity index (χ3v) is 8.78. The number of carbonyl (C=O) groups excluding carboxylic acids is 2. The van der Waals surface area contributed by atoms with E-state index >= 15 is 0 Å². The first-order valence-corrected chi connectivity index (χ1v) is 15.2. The van der Waals surface area contributed by atoms with Crippen LogP contribution in [0.25, 0.3) is 0 Å². The average molecular weight is 663 g/mol. The van der Waals surface area contributed by atoms with Crippen LogP contribution in [0.3, 0.4) is 0 Å². The molecule has 1 aliphatic rings. The van der Waals surface area contributed by atoms with E-state index < -0.39 is 11.9 Å². The van der Waals surface area contributed by atoms with Crippen molar-refractivity contribution >= 4 is 68.1 Å². The highest BCUT2D eigenvalue weighted by molar-refractivity contribution is 9.10. The summed E-state index contributed by atoms with van der Waals surface area (Å²) in [7, 11) is 0. The fourth-order valence-electron chi connectivity index (χ4n) is 5.06. The second-order valence-electron chi connectivity index (χ2n) is 10.1. The summed E-state index contributed by atoms with van der Waals surface area (Å²) in [6.07, 6.45) is 5.79. The maximum Gasteiger partial charge on any atom is 0.338 e. The Morgan fingerprint density at radius 3 is 2.37 bits per heavy atom. The lowest BCUT2D eigenvalue weighted by Crippen LogP contribution is -2.41. The maximum absolute atomic E-state index is 12.8. The number of ether oxygens (including phenoxy) is 2. The predicted octanol–water partition coefficient (Wildman–Crippen LogP) is 7.84. The summed E-state index contributed by atoms with van der Waals surface area (Å²) in [5.74, 6) is -0.971. The second-order valence-corrected chi connectivity index (χ2v) is 11.8. The molecule has 218 valence electrons. The monoisotopic (exact) mass is 661 g/mol. The fourth-order valence-corrected chi connectivity index (χ4v) is 6.05. The van der Waals surface area contributed by atoms with Crippen LogP contribution in [-0.2, 0) is 27.2 Å². The van der Waals surface area contributed by atoms with Crippen molar-refractivity contribution in [3.8, 4) is 0 Å². The smallest absolute Gasteiger partial charge is 0.338 e. The van der Waals surface area contributed by atoms with Gasteiger partial charge in [-0.3, -0.25) is 4.79 Å². The van der Waals surface area contributed by atoms with Gasteiger partial charge in [0.05, 0.1) is 33.4 Å². The van der Waals surface area contributed by atoms with Gasteiger partial charge in [0.1, 0.15) is 13.2 Å². The summed E-state index contributed by atoms with van der Waals surface area (Å²) in [5.41, 5.74) is 10.2. The lowest BCUT2D eigenvalue weighted by Gasteiger charge is -2.29. The van der Waals surface area contributed by atoms with Crippen molar-refractivity contribution in [2.45, 2.75) is 57.5 Å². The van der Waals surface area contributed by atoms with Crippen molar-refractivity contribution in [3.63, 3.8) is 0 Å². The van der Waals surface area contributed by atoms with Crippen LogP contribution in [0.15, 0.2) is 59.1 Å². The minimum Gasteiger partial charge on any atom is -0.462 e. The van der Waals surface area contributed by atoms with E-state index in [1.165, 1.54) is 12.8 Å². The first-order valence-electron chi connectivity index (χ1n) is 13.7. The lowest BCUT2D eigenvalue weighted by molar-refractivity contribution is -0.143. The number of nitrogens with one attached hydrogen (secondary N) is 2. The van der Waals surface area contributed by atoms with Crippen LogP contribution >= 0.6 is 39.1 Å². The molecule has 0 spiro atoms. The van der Waals surface area contributed by atoms with Gasteiger partial charge in [-0.15, -0.1) is 0 Å². The van der Waals surface area contributed by atoms with Gasteiger partial charge in [-0.05, 0) is 76.7 Å². The number of nitrogens with two attached hydrogens (primary N) is 1. The molecule has 0 amide bonds. The molecule has 10 heteroatoms. The van der Waals surface area contributed by atoms with E-state index in [-0.39, 0.29) is 25.2 Å². The van der Waals surface area contributed by atoms with Crippen molar-refractivity contribution in [3.05, 3.63) is 85.8 Å². The molecule has 0 aromatic heterocycles. The van der Waals surface area contributed by atoms with E-state index in [1.54, 1.807) is 30.3 Å². The largest absolute Gasteiger partial charge is 0.462 e. The molecule has 0 aliphatic heterocycles. The molecular formula is C31H34BrCl2N3O4. The fraction of sp³-hybridized carbons (Fsp3) is 0.355. The highest BCUT2D eigenvalue weighted by atomic mass is 79.9. The van der Waals surface area contributed by atoms with E-state index in [0.717, 1.165) is 24.8 Å². The average Bonchev–Trinajstić information content (AvgIpc) is 3.44. The first-order chi connectivity index (χ1) is 19.7. The van der Waals surface area contributed by atoms with Gasteiger partial charge in [-0.25, -0.2) is 4.79 Å². The van der Waals surface area contributed by atoms with Crippen LogP contribution in [0.5, 0.6) is 0 Å². The summed E-state index contributed by atoms with van der Waals surface area (Å²) in [5, 5.41) is 7.80. The van der Waals surface area contributed by atoms with E-state index in [2.05, 4.69) is 33.5 Å². The Kier molecular flexibility index (Phi) is 10.9. The number of hydrogen-bond donors (Lipinski definition) is 3. The standard InChI is InChI=1S/C31H34BrCl2N3O4/c1-2-31(12-5-6-13-31)36-19-22-16-21(17-23(32)28(22)35)30(39)41-15-14-40-27(38)18-20-8-3-4-11-26(20)37-29-24(33)9-7-10-25(29)34/h3-4,7-11,16-17,36-37H,2,5-6,12-15,18-19,35H2,1H3. The van der Waals surface area contributed by atoms with Gasteiger partial charge in [-0.2, -0.15) is 0 Å². The molecule has 0 radical (unpaired) electrons. The topological polar surface area (TPSA) is 103 Å². The molecule has 0 saturated heterocycles. The summed E-state index contributed by atoms with van der Waals surface area (Å²) in [4.78, 5) is 25.3. The molecule has 1 aliphatic carbocycles. The highest BCUT2D eigenvalue weighted by Crippen LogP contribution is 2.35. The Morgan fingerprint density at radius 2 is 1.66 bits per heavy atom. The van der Waals surface area contributed by atoms with Crippen LogP contribution < -0.4 is 16.4 Å². The van der Waals surface area contributed by atoms with E-state index in [4.69, 9.17) is 38.4 Å². The van der Waals surface area contributed by atoms with Crippen molar-refractivity contribution in [1.29, 1.82) is 0 Å². The van der Waals surface area contributed by atoms with Crippen molar-refractivity contribution < 1.29 is 19.1 Å². The number of nitrogen functional groups attached to an aromatic ring is 1. The zero-order valence-corrected chi connectivity index (χ0v) is 26.0. The molecule has 7 nitrogen and oxygen atoms in total. The first kappa shape index (κ1) is 31.2. The van der Waals surface area contributed by atoms with Gasteiger partial charge in [0.2, 0.25) is 0 Å². The molecule has 4 N–H and O–H groups in total. The zero-order chi connectivity index (χ0) is 29.4. The Morgan fingerprint density at radius 1 is 0.976 bits per heavy atom. The number of esters is 2. The normalized spacial score (nSPS) is 14.0. The number of anilines is 3. The minimum atomic E-state index is -0.514. The quantitative estimate of drug-likeness (QED) is 0.103. The number of para-hydroxylation sites is 2. The summed E-state index contributed by atoms with van der Waals surface area (Å²) >= 11 is 16.0. The number of hydrogen-bond acceptors (Lipinski definition) is 7. The van der Waals surface area contributed by atoms with Crippen LogP contribution in [0.4, 0.5) is 17.1 Å². The molecule has 1 saturated carbocycles. The second kappa shape index (κ2) is 14.4. The number of carbonyl (C=O) groups is 2. The Balaban J connectivity index is 1.29. The highest BCUT2D eigenvalue weighted by Gasteiger charge is 2.31. The molecule has 4 rings (SSSR count). The maximum atomic E-state index is 12.8. The predicted molar refractivity (Wildman–Crippen MR) is 168 cm³/mol. The lowest BCUT2D eigenvalue weighted by atomic mass is 9.93.